The first-order chi connectivity index (χ1) is 12.0. The van der Waals surface area contributed by atoms with Crippen molar-refractivity contribution in [3.8, 4) is 0 Å². The lowest BCUT2D eigenvalue weighted by Crippen LogP contribution is -2.56. The highest BCUT2D eigenvalue weighted by atomic mass is 16.2. The Bertz CT molecular complexity index is 585. The summed E-state index contributed by atoms with van der Waals surface area (Å²) in [6.07, 6.45) is 8.41. The van der Waals surface area contributed by atoms with Gasteiger partial charge in [0, 0.05) is 6.04 Å². The molecule has 1 N–H and O–H groups in total. The van der Waals surface area contributed by atoms with Gasteiger partial charge >= 0.3 is 0 Å². The van der Waals surface area contributed by atoms with Gasteiger partial charge in [-0.3, -0.25) is 4.79 Å². The van der Waals surface area contributed by atoms with Gasteiger partial charge in [-0.15, -0.1) is 0 Å². The molecule has 1 aromatic carbocycles. The zero-order valence-corrected chi connectivity index (χ0v) is 16.0. The molecule has 2 nitrogen and oxygen atoms in total. The van der Waals surface area contributed by atoms with E-state index in [1.165, 1.54) is 38.5 Å². The molecular formula is C23H33NO. The topological polar surface area (TPSA) is 29.1 Å². The summed E-state index contributed by atoms with van der Waals surface area (Å²) in [6, 6.07) is 10.6. The molecule has 0 saturated heterocycles. The largest absolute Gasteiger partial charge is 0.353 e. The molecule has 4 aliphatic rings. The van der Waals surface area contributed by atoms with E-state index in [-0.39, 0.29) is 11.8 Å². The predicted molar refractivity (Wildman–Crippen MR) is 102 cm³/mol. The van der Waals surface area contributed by atoms with E-state index >= 15 is 0 Å². The summed E-state index contributed by atoms with van der Waals surface area (Å²) in [7, 11) is 0. The third-order valence-corrected chi connectivity index (χ3v) is 7.47. The molecule has 4 saturated carbocycles. The van der Waals surface area contributed by atoms with Crippen molar-refractivity contribution >= 4 is 5.91 Å². The molecule has 25 heavy (non-hydrogen) atoms. The molecule has 4 fully saturated rings. The summed E-state index contributed by atoms with van der Waals surface area (Å²) in [5, 5.41) is 3.48. The summed E-state index contributed by atoms with van der Waals surface area (Å²) in [4.78, 5) is 13.2. The van der Waals surface area contributed by atoms with E-state index in [0.29, 0.717) is 17.4 Å². The normalized spacial score (nSPS) is 35.6. The summed E-state index contributed by atoms with van der Waals surface area (Å²) in [6.45, 7) is 6.60. The van der Waals surface area contributed by atoms with Gasteiger partial charge in [0.25, 0.3) is 0 Å². The number of hydrogen-bond acceptors (Lipinski definition) is 1. The van der Waals surface area contributed by atoms with E-state index in [4.69, 9.17) is 0 Å². The van der Waals surface area contributed by atoms with Crippen LogP contribution in [-0.4, -0.2) is 11.9 Å². The van der Waals surface area contributed by atoms with Gasteiger partial charge in [0.1, 0.15) is 0 Å². The lowest BCUT2D eigenvalue weighted by Gasteiger charge is -2.59. The van der Waals surface area contributed by atoms with Crippen molar-refractivity contribution in [2.24, 2.45) is 29.1 Å². The van der Waals surface area contributed by atoms with E-state index < -0.39 is 0 Å². The van der Waals surface area contributed by atoms with Crippen LogP contribution in [0.4, 0.5) is 0 Å². The molecule has 136 valence electrons. The fourth-order valence-corrected chi connectivity index (χ4v) is 6.66. The molecule has 2 atom stereocenters. The first-order valence-electron chi connectivity index (χ1n) is 10.3. The minimum Gasteiger partial charge on any atom is -0.353 e. The Balaban J connectivity index is 1.50. The van der Waals surface area contributed by atoms with Crippen LogP contribution < -0.4 is 5.32 Å². The van der Waals surface area contributed by atoms with Gasteiger partial charge in [0.05, 0.1) is 5.92 Å². The number of benzene rings is 1. The van der Waals surface area contributed by atoms with Crippen LogP contribution in [0.5, 0.6) is 0 Å². The van der Waals surface area contributed by atoms with Crippen LogP contribution in [0.25, 0.3) is 0 Å². The first-order valence-corrected chi connectivity index (χ1v) is 10.3. The van der Waals surface area contributed by atoms with Gasteiger partial charge in [-0.05, 0) is 80.1 Å². The van der Waals surface area contributed by atoms with Crippen molar-refractivity contribution < 1.29 is 4.79 Å². The van der Waals surface area contributed by atoms with Crippen LogP contribution >= 0.6 is 0 Å². The van der Waals surface area contributed by atoms with Gasteiger partial charge in [-0.2, -0.15) is 0 Å². The smallest absolute Gasteiger partial charge is 0.228 e. The van der Waals surface area contributed by atoms with Gasteiger partial charge in [0.2, 0.25) is 5.91 Å². The molecule has 0 aromatic heterocycles. The SMILES string of the molecule is CC(C)[C@@H](C(=O)N[C@H](C)C12CC3CC(CC(C3)C1)C2)c1ccccc1. The Morgan fingerprint density at radius 1 is 0.960 bits per heavy atom. The Kier molecular flexibility index (Phi) is 4.42. The van der Waals surface area contributed by atoms with Crippen LogP contribution in [-0.2, 0) is 4.79 Å². The number of amides is 1. The number of rotatable bonds is 5. The van der Waals surface area contributed by atoms with Crippen molar-refractivity contribution in [3.63, 3.8) is 0 Å². The van der Waals surface area contributed by atoms with Crippen LogP contribution in [0.1, 0.15) is 70.8 Å². The predicted octanol–water partition coefficient (Wildman–Crippen LogP) is 5.15. The van der Waals surface area contributed by atoms with Crippen molar-refractivity contribution in [2.75, 3.05) is 0 Å². The summed E-state index contributed by atoms with van der Waals surface area (Å²) in [5.74, 6) is 3.29. The van der Waals surface area contributed by atoms with Crippen molar-refractivity contribution in [3.05, 3.63) is 35.9 Å². The van der Waals surface area contributed by atoms with Crippen molar-refractivity contribution in [2.45, 2.75) is 71.3 Å². The molecule has 4 bridgehead atoms. The molecule has 4 aliphatic carbocycles. The quantitative estimate of drug-likeness (QED) is 0.790. The van der Waals surface area contributed by atoms with Crippen molar-refractivity contribution in [1.29, 1.82) is 0 Å². The number of nitrogens with one attached hydrogen (secondary N) is 1. The average molecular weight is 340 g/mol. The van der Waals surface area contributed by atoms with Crippen LogP contribution in [0.3, 0.4) is 0 Å². The first kappa shape index (κ1) is 17.1. The molecule has 0 radical (unpaired) electrons. The Morgan fingerprint density at radius 2 is 1.48 bits per heavy atom. The molecule has 0 aliphatic heterocycles. The standard InChI is InChI=1S/C23H33NO/c1-15(2)21(20-7-5-4-6-8-20)22(25)24-16(3)23-12-17-9-18(13-23)11-19(10-17)14-23/h4-8,15-19,21H,9-14H2,1-3H3,(H,24,25)/t16-,17?,18?,19?,21-,23?/m1/s1. The zero-order chi connectivity index (χ0) is 17.6. The molecule has 2 heteroatoms. The highest BCUT2D eigenvalue weighted by Crippen LogP contribution is 2.61. The molecular weight excluding hydrogens is 306 g/mol. The highest BCUT2D eigenvalue weighted by molar-refractivity contribution is 5.84. The van der Waals surface area contributed by atoms with Gasteiger partial charge in [0.15, 0.2) is 0 Å². The Hall–Kier alpha value is -1.31. The molecule has 1 amide bonds. The summed E-state index contributed by atoms with van der Waals surface area (Å²) in [5.41, 5.74) is 1.52. The number of carbonyl (C=O) groups excluding carboxylic acids is 1. The van der Waals surface area contributed by atoms with E-state index in [2.05, 4.69) is 38.2 Å². The third kappa shape index (κ3) is 3.13. The Labute approximate surface area is 152 Å². The van der Waals surface area contributed by atoms with E-state index in [1.54, 1.807) is 0 Å². The van der Waals surface area contributed by atoms with E-state index in [1.807, 2.05) is 18.2 Å². The fourth-order valence-electron chi connectivity index (χ4n) is 6.66. The van der Waals surface area contributed by atoms with E-state index in [0.717, 1.165) is 23.3 Å². The third-order valence-electron chi connectivity index (χ3n) is 7.47. The summed E-state index contributed by atoms with van der Waals surface area (Å²) < 4.78 is 0. The van der Waals surface area contributed by atoms with Crippen molar-refractivity contribution in [1.82, 2.24) is 5.32 Å². The van der Waals surface area contributed by atoms with Gasteiger partial charge in [-0.25, -0.2) is 0 Å². The maximum atomic E-state index is 13.2. The molecule has 0 heterocycles. The maximum absolute atomic E-state index is 13.2. The summed E-state index contributed by atoms with van der Waals surface area (Å²) >= 11 is 0. The van der Waals surface area contributed by atoms with Gasteiger partial charge in [-0.1, -0.05) is 44.2 Å². The molecule has 1 aromatic rings. The van der Waals surface area contributed by atoms with Gasteiger partial charge < -0.3 is 5.32 Å². The van der Waals surface area contributed by atoms with Crippen LogP contribution in [0, 0.1) is 29.1 Å². The highest BCUT2D eigenvalue weighted by Gasteiger charge is 2.53. The average Bonchev–Trinajstić information content (AvgIpc) is 2.54. The lowest BCUT2D eigenvalue weighted by atomic mass is 9.48. The Morgan fingerprint density at radius 3 is 1.96 bits per heavy atom. The molecule has 0 spiro atoms. The fraction of sp³-hybridized carbons (Fsp3) is 0.696. The number of carbonyl (C=O) groups is 1. The maximum Gasteiger partial charge on any atom is 0.228 e. The molecule has 0 unspecified atom stereocenters. The van der Waals surface area contributed by atoms with Crippen LogP contribution in [0.15, 0.2) is 30.3 Å². The minimum atomic E-state index is -0.0439. The second-order valence-corrected chi connectivity index (χ2v) is 9.64. The zero-order valence-electron chi connectivity index (χ0n) is 16.0. The van der Waals surface area contributed by atoms with E-state index in [9.17, 15) is 4.79 Å². The second-order valence-electron chi connectivity index (χ2n) is 9.64. The second kappa shape index (κ2) is 6.45. The lowest BCUT2D eigenvalue weighted by molar-refractivity contribution is -0.128. The molecule has 5 rings (SSSR count). The number of hydrogen-bond donors (Lipinski definition) is 1. The van der Waals surface area contributed by atoms with Crippen LogP contribution in [0.2, 0.25) is 0 Å². The minimum absolute atomic E-state index is 0.0439. The monoisotopic (exact) mass is 339 g/mol.